The van der Waals surface area contributed by atoms with Gasteiger partial charge in [0, 0.05) is 22.2 Å². The number of rotatable bonds is 3. The van der Waals surface area contributed by atoms with Crippen LogP contribution in [0.4, 0.5) is 10.1 Å². The lowest BCUT2D eigenvalue weighted by atomic mass is 9.94. The van der Waals surface area contributed by atoms with Crippen molar-refractivity contribution in [3.63, 3.8) is 0 Å². The summed E-state index contributed by atoms with van der Waals surface area (Å²) in [6.45, 7) is 1.39. The molecule has 6 heteroatoms. The van der Waals surface area contributed by atoms with Crippen LogP contribution >= 0.6 is 23.2 Å². The predicted octanol–water partition coefficient (Wildman–Crippen LogP) is 4.45. The summed E-state index contributed by atoms with van der Waals surface area (Å²) in [6.07, 6.45) is 1.92. The minimum Gasteiger partial charge on any atom is -0.323 e. The molecule has 2 aromatic rings. The van der Waals surface area contributed by atoms with Crippen molar-refractivity contribution in [3.05, 3.63) is 62.9 Å². The molecule has 1 aliphatic heterocycles. The van der Waals surface area contributed by atoms with Crippen molar-refractivity contribution in [3.8, 4) is 0 Å². The zero-order valence-corrected chi connectivity index (χ0v) is 15.0. The van der Waals surface area contributed by atoms with Crippen molar-refractivity contribution in [2.24, 2.45) is 0 Å². The highest BCUT2D eigenvalue weighted by molar-refractivity contribution is 6.37. The highest BCUT2D eigenvalue weighted by atomic mass is 35.5. The minimum absolute atomic E-state index is 0.222. The van der Waals surface area contributed by atoms with Crippen molar-refractivity contribution in [2.75, 3.05) is 11.9 Å². The first-order chi connectivity index (χ1) is 12.0. The fourth-order valence-electron chi connectivity index (χ4n) is 3.54. The second-order valence-electron chi connectivity index (χ2n) is 6.62. The molecule has 2 N–H and O–H groups in total. The van der Waals surface area contributed by atoms with Crippen molar-refractivity contribution >= 4 is 34.8 Å². The fourth-order valence-corrected chi connectivity index (χ4v) is 4.30. The van der Waals surface area contributed by atoms with E-state index in [2.05, 4.69) is 10.6 Å². The Labute approximate surface area is 155 Å². The molecule has 3 nitrogen and oxygen atoms in total. The van der Waals surface area contributed by atoms with Gasteiger partial charge >= 0.3 is 0 Å². The van der Waals surface area contributed by atoms with E-state index in [-0.39, 0.29) is 17.4 Å². The molecular weight excluding hydrogens is 362 g/mol. The first-order valence-corrected chi connectivity index (χ1v) is 9.05. The first-order valence-electron chi connectivity index (χ1n) is 8.30. The number of halogens is 3. The van der Waals surface area contributed by atoms with Crippen LogP contribution in [0.15, 0.2) is 30.3 Å². The van der Waals surface area contributed by atoms with Crippen LogP contribution in [-0.4, -0.2) is 12.5 Å². The molecular formula is C19H17Cl2FN2O. The lowest BCUT2D eigenvalue weighted by molar-refractivity contribution is -0.118. The summed E-state index contributed by atoms with van der Waals surface area (Å²) in [5.74, 6) is -0.594. The lowest BCUT2D eigenvalue weighted by Gasteiger charge is -2.22. The number of nitrogens with one attached hydrogen (secondary N) is 2. The Morgan fingerprint density at radius 2 is 1.88 bits per heavy atom. The molecule has 2 aromatic carbocycles. The average Bonchev–Trinajstić information content (AvgIpc) is 3.39. The van der Waals surface area contributed by atoms with Gasteiger partial charge in [-0.2, -0.15) is 0 Å². The summed E-state index contributed by atoms with van der Waals surface area (Å²) in [5.41, 5.74) is 1.71. The largest absolute Gasteiger partial charge is 0.323 e. The summed E-state index contributed by atoms with van der Waals surface area (Å²) in [7, 11) is 0. The van der Waals surface area contributed by atoms with Crippen LogP contribution in [0.3, 0.4) is 0 Å². The van der Waals surface area contributed by atoms with Gasteiger partial charge in [0.2, 0.25) is 5.91 Å². The third kappa shape index (κ3) is 2.82. The van der Waals surface area contributed by atoms with E-state index in [1.54, 1.807) is 24.3 Å². The molecule has 0 aromatic heterocycles. The van der Waals surface area contributed by atoms with E-state index >= 15 is 0 Å². The predicted molar refractivity (Wildman–Crippen MR) is 97.8 cm³/mol. The number of anilines is 1. The molecule has 0 spiro atoms. The molecule has 1 fully saturated rings. The minimum atomic E-state index is -0.765. The summed E-state index contributed by atoms with van der Waals surface area (Å²) >= 11 is 12.6. The quantitative estimate of drug-likeness (QED) is 0.828. The second-order valence-corrected chi connectivity index (χ2v) is 7.44. The normalized spacial score (nSPS) is 17.7. The molecule has 1 heterocycles. The first kappa shape index (κ1) is 16.8. The van der Waals surface area contributed by atoms with Crippen LogP contribution in [0.25, 0.3) is 0 Å². The third-order valence-electron chi connectivity index (χ3n) is 5.08. The molecule has 2 aliphatic rings. The van der Waals surface area contributed by atoms with E-state index < -0.39 is 5.41 Å². The van der Waals surface area contributed by atoms with Crippen molar-refractivity contribution in [1.29, 1.82) is 0 Å². The van der Waals surface area contributed by atoms with E-state index in [1.807, 2.05) is 6.07 Å². The van der Waals surface area contributed by atoms with Crippen LogP contribution in [0.1, 0.15) is 29.5 Å². The second kappa shape index (κ2) is 6.27. The molecule has 0 radical (unpaired) electrons. The zero-order chi connectivity index (χ0) is 17.6. The lowest BCUT2D eigenvalue weighted by Crippen LogP contribution is -2.30. The van der Waals surface area contributed by atoms with Gasteiger partial charge in [-0.1, -0.05) is 35.3 Å². The fraction of sp³-hybridized carbons (Fsp3) is 0.316. The van der Waals surface area contributed by atoms with Gasteiger partial charge in [0.25, 0.3) is 0 Å². The molecule has 130 valence electrons. The van der Waals surface area contributed by atoms with Crippen LogP contribution in [0, 0.1) is 5.82 Å². The van der Waals surface area contributed by atoms with E-state index in [0.29, 0.717) is 47.0 Å². The molecule has 1 aliphatic carbocycles. The number of amides is 1. The summed E-state index contributed by atoms with van der Waals surface area (Å²) in [5, 5.41) is 6.92. The summed E-state index contributed by atoms with van der Waals surface area (Å²) in [6, 6.07) is 8.69. The Morgan fingerprint density at radius 1 is 1.16 bits per heavy atom. The molecule has 1 saturated carbocycles. The monoisotopic (exact) mass is 378 g/mol. The smallest absolute Gasteiger partial charge is 0.235 e. The van der Waals surface area contributed by atoms with Crippen LogP contribution < -0.4 is 10.6 Å². The molecule has 25 heavy (non-hydrogen) atoms. The summed E-state index contributed by atoms with van der Waals surface area (Å²) < 4.78 is 14.8. The van der Waals surface area contributed by atoms with Crippen molar-refractivity contribution < 1.29 is 9.18 Å². The van der Waals surface area contributed by atoms with Gasteiger partial charge in [-0.25, -0.2) is 4.39 Å². The van der Waals surface area contributed by atoms with Crippen LogP contribution in [0.2, 0.25) is 10.0 Å². The molecule has 0 unspecified atom stereocenters. The Bertz CT molecular complexity index is 844. The molecule has 1 amide bonds. The summed E-state index contributed by atoms with van der Waals surface area (Å²) in [4.78, 5) is 12.9. The molecule has 4 rings (SSSR count). The van der Waals surface area contributed by atoms with E-state index in [9.17, 15) is 9.18 Å². The maximum atomic E-state index is 14.8. The number of hydrogen-bond donors (Lipinski definition) is 2. The Hall–Kier alpha value is -1.62. The van der Waals surface area contributed by atoms with E-state index in [1.165, 1.54) is 0 Å². The van der Waals surface area contributed by atoms with Gasteiger partial charge in [0.1, 0.15) is 5.82 Å². The van der Waals surface area contributed by atoms with Crippen molar-refractivity contribution in [1.82, 2.24) is 5.32 Å². The van der Waals surface area contributed by atoms with Gasteiger partial charge in [-0.05, 0) is 55.1 Å². The number of carbonyl (C=O) groups is 1. The Morgan fingerprint density at radius 3 is 2.56 bits per heavy atom. The SMILES string of the molecule is O=C(Nc1ccc2c(c1F)CCNC2)C1(c2c(Cl)cccc2Cl)CC1. The van der Waals surface area contributed by atoms with Crippen molar-refractivity contribution in [2.45, 2.75) is 31.2 Å². The van der Waals surface area contributed by atoms with Gasteiger partial charge in [-0.3, -0.25) is 4.79 Å². The standard InChI is InChI=1S/C19H17Cl2FN2O/c20-13-2-1-3-14(21)16(13)19(7-8-19)18(25)24-15-5-4-11-10-23-9-6-12(11)17(15)22/h1-5,23H,6-10H2,(H,24,25). The number of fused-ring (bicyclic) bond motifs is 1. The van der Waals surface area contributed by atoms with Crippen LogP contribution in [0.5, 0.6) is 0 Å². The average molecular weight is 379 g/mol. The molecule has 0 saturated heterocycles. The van der Waals surface area contributed by atoms with E-state index in [0.717, 1.165) is 12.1 Å². The van der Waals surface area contributed by atoms with Gasteiger partial charge in [0.05, 0.1) is 11.1 Å². The highest BCUT2D eigenvalue weighted by Crippen LogP contribution is 2.53. The maximum absolute atomic E-state index is 14.8. The Balaban J connectivity index is 1.65. The zero-order valence-electron chi connectivity index (χ0n) is 13.5. The van der Waals surface area contributed by atoms with Crippen LogP contribution in [-0.2, 0) is 23.2 Å². The third-order valence-corrected chi connectivity index (χ3v) is 5.71. The highest BCUT2D eigenvalue weighted by Gasteiger charge is 2.53. The number of hydrogen-bond acceptors (Lipinski definition) is 2. The molecule has 0 atom stereocenters. The molecule has 0 bridgehead atoms. The van der Waals surface area contributed by atoms with Gasteiger partial charge in [-0.15, -0.1) is 0 Å². The number of benzene rings is 2. The number of carbonyl (C=O) groups excluding carboxylic acids is 1. The van der Waals surface area contributed by atoms with Gasteiger partial charge in [0.15, 0.2) is 0 Å². The van der Waals surface area contributed by atoms with E-state index in [4.69, 9.17) is 23.2 Å². The topological polar surface area (TPSA) is 41.1 Å². The maximum Gasteiger partial charge on any atom is 0.235 e. The Kier molecular flexibility index (Phi) is 4.22. The van der Waals surface area contributed by atoms with Gasteiger partial charge < -0.3 is 10.6 Å².